The summed E-state index contributed by atoms with van der Waals surface area (Å²) in [5.41, 5.74) is 0.131. The van der Waals surface area contributed by atoms with Crippen LogP contribution in [-0.4, -0.2) is 14.0 Å². The minimum atomic E-state index is -3.68. The molecule has 0 aliphatic heterocycles. The second-order valence-corrected chi connectivity index (χ2v) is 6.88. The maximum Gasteiger partial charge on any atom is 0.242 e. The summed E-state index contributed by atoms with van der Waals surface area (Å²) in [4.78, 5) is 0.236. The summed E-state index contributed by atoms with van der Waals surface area (Å²) in [6.45, 7) is 1.95. The fourth-order valence-corrected chi connectivity index (χ4v) is 3.92. The summed E-state index contributed by atoms with van der Waals surface area (Å²) in [5, 5.41) is 10.6. The fourth-order valence-electron chi connectivity index (χ4n) is 2.33. The average Bonchev–Trinajstić information content (AvgIpc) is 3.19. The van der Waals surface area contributed by atoms with E-state index in [2.05, 4.69) is 4.72 Å². The number of sulfonamides is 1. The van der Waals surface area contributed by atoms with Gasteiger partial charge in [-0.05, 0) is 36.8 Å². The molecule has 0 amide bonds. The van der Waals surface area contributed by atoms with Gasteiger partial charge < -0.3 is 0 Å². The maximum absolute atomic E-state index is 12.5. The van der Waals surface area contributed by atoms with Crippen molar-refractivity contribution in [3.63, 3.8) is 0 Å². The van der Waals surface area contributed by atoms with Gasteiger partial charge in [0, 0.05) is 5.39 Å². The van der Waals surface area contributed by atoms with E-state index in [9.17, 15) is 8.42 Å². The lowest BCUT2D eigenvalue weighted by molar-refractivity contribution is 0.572. The standard InChI is InChI=1S/C15H14N2O2S/c1-11-6-7-14(13-5-3-2-4-12(11)13)20(18,19)17-15(10-16)8-9-15/h2-7,17H,8-9H2,1H3. The van der Waals surface area contributed by atoms with Crippen LogP contribution in [0.25, 0.3) is 10.8 Å². The fraction of sp³-hybridized carbons (Fsp3) is 0.267. The molecule has 0 aromatic heterocycles. The molecule has 0 atom stereocenters. The highest BCUT2D eigenvalue weighted by atomic mass is 32.2. The van der Waals surface area contributed by atoms with Crippen LogP contribution in [0.15, 0.2) is 41.3 Å². The molecule has 0 heterocycles. The van der Waals surface area contributed by atoms with Gasteiger partial charge in [0.05, 0.1) is 11.0 Å². The number of aryl methyl sites for hydroxylation is 1. The van der Waals surface area contributed by atoms with Gasteiger partial charge >= 0.3 is 0 Å². The molecule has 2 aromatic rings. The number of rotatable bonds is 3. The van der Waals surface area contributed by atoms with Crippen molar-refractivity contribution in [2.45, 2.75) is 30.2 Å². The van der Waals surface area contributed by atoms with Gasteiger partial charge in [-0.25, -0.2) is 8.42 Å². The van der Waals surface area contributed by atoms with Crippen molar-refractivity contribution in [1.29, 1.82) is 5.26 Å². The zero-order valence-electron chi connectivity index (χ0n) is 11.1. The highest BCUT2D eigenvalue weighted by Gasteiger charge is 2.47. The van der Waals surface area contributed by atoms with Gasteiger partial charge in [0.1, 0.15) is 5.54 Å². The van der Waals surface area contributed by atoms with Crippen LogP contribution in [0.1, 0.15) is 18.4 Å². The van der Waals surface area contributed by atoms with Crippen LogP contribution >= 0.6 is 0 Å². The van der Waals surface area contributed by atoms with Gasteiger partial charge in [0.2, 0.25) is 10.0 Å². The van der Waals surface area contributed by atoms with E-state index in [4.69, 9.17) is 5.26 Å². The smallest absolute Gasteiger partial charge is 0.207 e. The Kier molecular flexibility index (Phi) is 2.82. The Labute approximate surface area is 118 Å². The van der Waals surface area contributed by atoms with E-state index in [-0.39, 0.29) is 4.90 Å². The van der Waals surface area contributed by atoms with E-state index in [0.29, 0.717) is 18.2 Å². The van der Waals surface area contributed by atoms with Crippen LogP contribution in [0.4, 0.5) is 0 Å². The number of fused-ring (bicyclic) bond motifs is 1. The van der Waals surface area contributed by atoms with E-state index in [1.165, 1.54) is 0 Å². The summed E-state index contributed by atoms with van der Waals surface area (Å²) < 4.78 is 27.6. The predicted octanol–water partition coefficient (Wildman–Crippen LogP) is 2.48. The molecule has 1 aliphatic carbocycles. The molecule has 0 spiro atoms. The van der Waals surface area contributed by atoms with E-state index in [0.717, 1.165) is 10.9 Å². The van der Waals surface area contributed by atoms with Gasteiger partial charge in [0.15, 0.2) is 0 Å². The third-order valence-electron chi connectivity index (χ3n) is 3.69. The minimum absolute atomic E-state index is 0.236. The van der Waals surface area contributed by atoms with Crippen LogP contribution in [0, 0.1) is 18.3 Å². The lowest BCUT2D eigenvalue weighted by Crippen LogP contribution is -2.35. The number of nitriles is 1. The Morgan fingerprint density at radius 1 is 1.15 bits per heavy atom. The molecule has 5 heteroatoms. The summed E-state index contributed by atoms with van der Waals surface area (Å²) in [7, 11) is -3.68. The van der Waals surface area contributed by atoms with Crippen LogP contribution in [-0.2, 0) is 10.0 Å². The Morgan fingerprint density at radius 2 is 1.80 bits per heavy atom. The number of nitrogens with one attached hydrogen (secondary N) is 1. The molecule has 1 N–H and O–H groups in total. The SMILES string of the molecule is Cc1ccc(S(=O)(=O)NC2(C#N)CC2)c2ccccc12. The van der Waals surface area contributed by atoms with Gasteiger partial charge in [0.25, 0.3) is 0 Å². The lowest BCUT2D eigenvalue weighted by atomic mass is 10.1. The van der Waals surface area contributed by atoms with E-state index < -0.39 is 15.6 Å². The number of benzene rings is 2. The maximum atomic E-state index is 12.5. The Bertz CT molecular complexity index is 831. The summed E-state index contributed by atoms with van der Waals surface area (Å²) in [6, 6.07) is 12.8. The molecule has 3 rings (SSSR count). The third-order valence-corrected chi connectivity index (χ3v) is 5.28. The molecule has 1 aliphatic rings. The summed E-state index contributed by atoms with van der Waals surface area (Å²) >= 11 is 0. The third kappa shape index (κ3) is 2.07. The number of hydrogen-bond acceptors (Lipinski definition) is 3. The van der Waals surface area contributed by atoms with Gasteiger partial charge in [-0.15, -0.1) is 0 Å². The molecule has 0 radical (unpaired) electrons. The zero-order chi connectivity index (χ0) is 14.4. The van der Waals surface area contributed by atoms with Crippen molar-refractivity contribution in [2.24, 2.45) is 0 Å². The van der Waals surface area contributed by atoms with E-state index >= 15 is 0 Å². The molecule has 0 unspecified atom stereocenters. The van der Waals surface area contributed by atoms with E-state index in [1.807, 2.05) is 31.2 Å². The predicted molar refractivity (Wildman–Crippen MR) is 76.6 cm³/mol. The van der Waals surface area contributed by atoms with Crippen molar-refractivity contribution in [3.05, 3.63) is 42.0 Å². The average molecular weight is 286 g/mol. The van der Waals surface area contributed by atoms with Crippen LogP contribution in [0.2, 0.25) is 0 Å². The molecular formula is C15H14N2O2S. The van der Waals surface area contributed by atoms with Crippen LogP contribution in [0.5, 0.6) is 0 Å². The quantitative estimate of drug-likeness (QED) is 0.942. The molecule has 102 valence electrons. The monoisotopic (exact) mass is 286 g/mol. The summed E-state index contributed by atoms with van der Waals surface area (Å²) in [5.74, 6) is 0. The second kappa shape index (κ2) is 4.30. The Hall–Kier alpha value is -1.90. The topological polar surface area (TPSA) is 70.0 Å². The normalized spacial score (nSPS) is 16.8. The van der Waals surface area contributed by atoms with Crippen molar-refractivity contribution < 1.29 is 8.42 Å². The Balaban J connectivity index is 2.15. The molecule has 2 aromatic carbocycles. The number of hydrogen-bond donors (Lipinski definition) is 1. The minimum Gasteiger partial charge on any atom is -0.207 e. The first kappa shape index (κ1) is 13.1. The first-order chi connectivity index (χ1) is 9.47. The van der Waals surface area contributed by atoms with E-state index in [1.54, 1.807) is 18.2 Å². The van der Waals surface area contributed by atoms with Crippen molar-refractivity contribution in [2.75, 3.05) is 0 Å². The van der Waals surface area contributed by atoms with Gasteiger partial charge in [-0.2, -0.15) is 9.98 Å². The van der Waals surface area contributed by atoms with Crippen LogP contribution in [0.3, 0.4) is 0 Å². The largest absolute Gasteiger partial charge is 0.242 e. The molecule has 0 saturated heterocycles. The first-order valence-corrected chi connectivity index (χ1v) is 7.89. The van der Waals surface area contributed by atoms with Crippen molar-refractivity contribution >= 4 is 20.8 Å². The molecule has 20 heavy (non-hydrogen) atoms. The highest BCUT2D eigenvalue weighted by Crippen LogP contribution is 2.37. The second-order valence-electron chi connectivity index (χ2n) is 5.23. The zero-order valence-corrected chi connectivity index (χ0v) is 11.9. The molecule has 4 nitrogen and oxygen atoms in total. The van der Waals surface area contributed by atoms with Crippen molar-refractivity contribution in [3.8, 4) is 6.07 Å². The van der Waals surface area contributed by atoms with Gasteiger partial charge in [-0.3, -0.25) is 0 Å². The summed E-state index contributed by atoms with van der Waals surface area (Å²) in [6.07, 6.45) is 1.15. The number of nitrogens with zero attached hydrogens (tertiary/aromatic N) is 1. The van der Waals surface area contributed by atoms with Crippen molar-refractivity contribution in [1.82, 2.24) is 4.72 Å². The first-order valence-electron chi connectivity index (χ1n) is 6.41. The lowest BCUT2D eigenvalue weighted by Gasteiger charge is -2.13. The molecule has 1 saturated carbocycles. The van der Waals surface area contributed by atoms with Crippen LogP contribution < -0.4 is 4.72 Å². The molecular weight excluding hydrogens is 272 g/mol. The highest BCUT2D eigenvalue weighted by molar-refractivity contribution is 7.89. The van der Waals surface area contributed by atoms with Gasteiger partial charge in [-0.1, -0.05) is 30.3 Å². The Morgan fingerprint density at radius 3 is 2.40 bits per heavy atom. The molecule has 1 fully saturated rings. The molecule has 0 bridgehead atoms.